The molecular formula is C41H52ClN3O7S. The molecular weight excluding hydrogens is 714 g/mol. The molecule has 9 atom stereocenters. The maximum absolute atomic E-state index is 14.8. The van der Waals surface area contributed by atoms with Gasteiger partial charge >= 0.3 is 0 Å². The second-order valence-corrected chi connectivity index (χ2v) is 19.0. The molecule has 2 saturated carbocycles. The van der Waals surface area contributed by atoms with Gasteiger partial charge in [-0.1, -0.05) is 36.7 Å². The van der Waals surface area contributed by atoms with Gasteiger partial charge in [-0.2, -0.15) is 0 Å². The van der Waals surface area contributed by atoms with E-state index >= 15 is 0 Å². The average molecular weight is 766 g/mol. The number of nitrogens with zero attached hydrogens (tertiary/aromatic N) is 2. The predicted octanol–water partition coefficient (Wildman–Crippen LogP) is 6.84. The monoisotopic (exact) mass is 765 g/mol. The molecule has 2 amide bonds. The number of halogens is 1. The standard InChI is InChI=1S/C41H52ClN3O7S/c1-25-5-4-6-37(49-3)32-10-7-28(32)21-45-23-41(20-29-17-33(29)34-19-30(42)9-11-35(34)41)24-52-38-12-8-27(18-36(38)45)40(47)44-53(48,26(25)2)43-39(46)22-51-31-13-15-50-16-14-31/h4,6,8-9,11-12,18-19,25-26,28-29,31-33,37H,5,7,10,13-17,20-24H2,1-3H3,(H,43,44,46,47,48)/b6-4+/t25-,26+,28-,29-,32+,33-,37-,41-,53?/m0/s1. The molecule has 8 rings (SSSR count). The first kappa shape index (κ1) is 37.0. The highest BCUT2D eigenvalue weighted by Gasteiger charge is 2.54. The number of rotatable bonds is 5. The maximum Gasteiger partial charge on any atom is 0.286 e. The molecule has 1 unspecified atom stereocenters. The van der Waals surface area contributed by atoms with Crippen LogP contribution in [0.2, 0.25) is 5.02 Å². The largest absolute Gasteiger partial charge is 0.490 e. The smallest absolute Gasteiger partial charge is 0.286 e. The number of hydrogen-bond donors (Lipinski definition) is 1. The summed E-state index contributed by atoms with van der Waals surface area (Å²) in [5.41, 5.74) is 3.55. The molecule has 2 aromatic rings. The lowest BCUT2D eigenvalue weighted by Crippen LogP contribution is -2.49. The molecule has 0 radical (unpaired) electrons. The predicted molar refractivity (Wildman–Crippen MR) is 205 cm³/mol. The van der Waals surface area contributed by atoms with Crippen LogP contribution in [-0.4, -0.2) is 80.1 Å². The Kier molecular flexibility index (Phi) is 10.4. The third-order valence-electron chi connectivity index (χ3n) is 13.0. The van der Waals surface area contributed by atoms with E-state index < -0.39 is 27.0 Å². The number of carbonyl (C=O) groups is 2. The Bertz CT molecular complexity index is 1890. The second kappa shape index (κ2) is 14.9. The van der Waals surface area contributed by atoms with Crippen LogP contribution in [-0.2, 0) is 34.3 Å². The molecule has 286 valence electrons. The average Bonchev–Trinajstić information content (AvgIpc) is 3.94. The SMILES string of the molecule is CO[C@H]1/C=C/C[C@H](C)[C@@H](C)S(=O)(NC(=O)COC2CCOCC2)=NC(=O)c2ccc3c(c2)N(C[C@@H]2CC[C@H]21)C[C@]1(CO3)C[C@@H]2C[C@@H]2c2cc(Cl)ccc21. The minimum absolute atomic E-state index is 0.0606. The summed E-state index contributed by atoms with van der Waals surface area (Å²) in [7, 11) is -1.80. The number of amides is 2. The molecule has 1 spiro atoms. The minimum atomic E-state index is -3.58. The van der Waals surface area contributed by atoms with Crippen LogP contribution in [0.15, 0.2) is 52.9 Å². The molecule has 3 aliphatic heterocycles. The van der Waals surface area contributed by atoms with Crippen molar-refractivity contribution in [2.45, 2.75) is 87.6 Å². The zero-order valence-electron chi connectivity index (χ0n) is 31.0. The molecule has 53 heavy (non-hydrogen) atoms. The van der Waals surface area contributed by atoms with Gasteiger partial charge in [0.25, 0.3) is 11.8 Å². The van der Waals surface area contributed by atoms with Gasteiger partial charge in [-0.15, -0.1) is 4.36 Å². The number of anilines is 1. The van der Waals surface area contributed by atoms with Crippen molar-refractivity contribution in [2.75, 3.05) is 51.5 Å². The zero-order chi connectivity index (χ0) is 36.9. The van der Waals surface area contributed by atoms with Crippen molar-refractivity contribution in [3.05, 3.63) is 70.3 Å². The number of benzene rings is 2. The summed E-state index contributed by atoms with van der Waals surface area (Å²) >= 11 is 6.55. The Hall–Kier alpha value is -2.96. The van der Waals surface area contributed by atoms with E-state index in [0.29, 0.717) is 74.1 Å². The Morgan fingerprint density at radius 2 is 1.94 bits per heavy atom. The summed E-state index contributed by atoms with van der Waals surface area (Å²) < 4.78 is 45.9. The van der Waals surface area contributed by atoms with Crippen LogP contribution in [0.25, 0.3) is 0 Å². The van der Waals surface area contributed by atoms with Crippen molar-refractivity contribution >= 4 is 39.0 Å². The lowest BCUT2D eigenvalue weighted by Gasteiger charge is -2.46. The zero-order valence-corrected chi connectivity index (χ0v) is 32.5. The van der Waals surface area contributed by atoms with Crippen LogP contribution < -0.4 is 14.4 Å². The summed E-state index contributed by atoms with van der Waals surface area (Å²) in [5.74, 6) is 1.24. The molecule has 2 bridgehead atoms. The molecule has 3 aliphatic carbocycles. The highest BCUT2D eigenvalue weighted by atomic mass is 35.5. The lowest BCUT2D eigenvalue weighted by atomic mass is 9.68. The molecule has 1 N–H and O–H groups in total. The molecule has 3 heterocycles. The van der Waals surface area contributed by atoms with Crippen molar-refractivity contribution in [1.29, 1.82) is 0 Å². The first-order valence-electron chi connectivity index (χ1n) is 19.4. The molecule has 3 fully saturated rings. The van der Waals surface area contributed by atoms with E-state index in [1.807, 2.05) is 25.1 Å². The summed E-state index contributed by atoms with van der Waals surface area (Å²) in [6.07, 6.45) is 10.4. The van der Waals surface area contributed by atoms with E-state index in [-0.39, 0.29) is 30.1 Å². The van der Waals surface area contributed by atoms with Crippen molar-refractivity contribution < 1.29 is 32.7 Å². The van der Waals surface area contributed by atoms with E-state index in [0.717, 1.165) is 43.1 Å². The highest BCUT2D eigenvalue weighted by molar-refractivity contribution is 7.93. The van der Waals surface area contributed by atoms with Gasteiger partial charge in [0.2, 0.25) is 0 Å². The van der Waals surface area contributed by atoms with Crippen LogP contribution in [0.3, 0.4) is 0 Å². The first-order valence-corrected chi connectivity index (χ1v) is 21.3. The Labute approximate surface area is 318 Å². The molecule has 6 aliphatic rings. The number of methoxy groups -OCH3 is 1. The number of ether oxygens (including phenoxy) is 4. The van der Waals surface area contributed by atoms with Crippen LogP contribution >= 0.6 is 11.6 Å². The van der Waals surface area contributed by atoms with Crippen molar-refractivity contribution in [3.63, 3.8) is 0 Å². The Morgan fingerprint density at radius 1 is 1.11 bits per heavy atom. The van der Waals surface area contributed by atoms with E-state index in [4.69, 9.17) is 30.5 Å². The van der Waals surface area contributed by atoms with Gasteiger partial charge in [0, 0.05) is 49.4 Å². The van der Waals surface area contributed by atoms with E-state index in [1.54, 1.807) is 20.1 Å². The Morgan fingerprint density at radius 3 is 2.72 bits per heavy atom. The fourth-order valence-electron chi connectivity index (χ4n) is 9.44. The highest BCUT2D eigenvalue weighted by Crippen LogP contribution is 2.61. The topological polar surface area (TPSA) is 116 Å². The summed E-state index contributed by atoms with van der Waals surface area (Å²) in [6.45, 7) is 6.70. The second-order valence-electron chi connectivity index (χ2n) is 16.3. The third kappa shape index (κ3) is 7.41. The van der Waals surface area contributed by atoms with Gasteiger partial charge < -0.3 is 23.8 Å². The summed E-state index contributed by atoms with van der Waals surface area (Å²) in [4.78, 5) is 29.8. The number of allylic oxidation sites excluding steroid dienone is 1. The quantitative estimate of drug-likeness (QED) is 0.329. The fourth-order valence-corrected chi connectivity index (χ4v) is 11.5. The van der Waals surface area contributed by atoms with Gasteiger partial charge in [0.15, 0.2) is 0 Å². The maximum atomic E-state index is 14.8. The molecule has 0 aromatic heterocycles. The normalized spacial score (nSPS) is 36.0. The van der Waals surface area contributed by atoms with E-state index in [2.05, 4.69) is 38.3 Å². The number of fused-ring (bicyclic) bond motifs is 6. The molecule has 12 heteroatoms. The van der Waals surface area contributed by atoms with Gasteiger partial charge in [0.1, 0.15) is 22.3 Å². The van der Waals surface area contributed by atoms with Crippen LogP contribution in [0, 0.1) is 23.7 Å². The van der Waals surface area contributed by atoms with Crippen molar-refractivity contribution in [3.8, 4) is 5.75 Å². The van der Waals surface area contributed by atoms with Crippen molar-refractivity contribution in [1.82, 2.24) is 4.72 Å². The van der Waals surface area contributed by atoms with Crippen LogP contribution in [0.5, 0.6) is 5.75 Å². The van der Waals surface area contributed by atoms with Crippen LogP contribution in [0.4, 0.5) is 5.69 Å². The number of hydrogen-bond acceptors (Lipinski definition) is 8. The van der Waals surface area contributed by atoms with Crippen LogP contribution in [0.1, 0.15) is 86.2 Å². The summed E-state index contributed by atoms with van der Waals surface area (Å²) in [5, 5.41) is 0.126. The molecule has 10 nitrogen and oxygen atoms in total. The fraction of sp³-hybridized carbons (Fsp3) is 0.610. The number of carbonyl (C=O) groups excluding carboxylic acids is 2. The molecule has 1 saturated heterocycles. The van der Waals surface area contributed by atoms with Gasteiger partial charge in [-0.3, -0.25) is 14.3 Å². The molecule has 2 aromatic carbocycles. The van der Waals surface area contributed by atoms with E-state index in [1.165, 1.54) is 17.5 Å². The lowest BCUT2D eigenvalue weighted by molar-refractivity contribution is -0.128. The van der Waals surface area contributed by atoms with E-state index in [9.17, 15) is 13.8 Å². The van der Waals surface area contributed by atoms with Gasteiger partial charge in [-0.05, 0) is 123 Å². The van der Waals surface area contributed by atoms with Crippen molar-refractivity contribution in [2.24, 2.45) is 28.0 Å². The van der Waals surface area contributed by atoms with Gasteiger partial charge in [0.05, 0.1) is 29.8 Å². The van der Waals surface area contributed by atoms with Gasteiger partial charge in [-0.25, -0.2) is 4.21 Å². The first-order chi connectivity index (χ1) is 25.6. The summed E-state index contributed by atoms with van der Waals surface area (Å²) in [6, 6.07) is 11.8. The minimum Gasteiger partial charge on any atom is -0.490 e. The third-order valence-corrected chi connectivity index (χ3v) is 15.6. The Balaban J connectivity index is 1.16. The number of nitrogens with one attached hydrogen (secondary N) is 1.